The number of rotatable bonds is 4. The zero-order valence-electron chi connectivity index (χ0n) is 11.3. The largest absolute Gasteiger partial charge is 0.378 e. The van der Waals surface area contributed by atoms with Crippen LogP contribution in [0.2, 0.25) is 5.02 Å². The third-order valence-electron chi connectivity index (χ3n) is 3.22. The minimum atomic E-state index is 0.297. The van der Waals surface area contributed by atoms with E-state index in [2.05, 4.69) is 10.1 Å². The summed E-state index contributed by atoms with van der Waals surface area (Å²) in [5, 5.41) is 5.82. The van der Waals surface area contributed by atoms with Crippen LogP contribution in [0, 0.1) is 0 Å². The Bertz CT molecular complexity index is 814. The van der Waals surface area contributed by atoms with E-state index in [1.807, 2.05) is 12.1 Å². The molecule has 1 aromatic carbocycles. The molecule has 0 aliphatic heterocycles. The number of fused-ring (bicyclic) bond motifs is 1. The van der Waals surface area contributed by atoms with Crippen molar-refractivity contribution >= 4 is 28.8 Å². The summed E-state index contributed by atoms with van der Waals surface area (Å²) in [6, 6.07) is 7.32. The molecule has 0 N–H and O–H groups in total. The fraction of sp³-hybridized carbons (Fsp3) is 0.133. The van der Waals surface area contributed by atoms with Crippen LogP contribution in [0.5, 0.6) is 0 Å². The van der Waals surface area contributed by atoms with Gasteiger partial charge in [0.15, 0.2) is 6.29 Å². The molecule has 0 spiro atoms. The van der Waals surface area contributed by atoms with Gasteiger partial charge in [0.1, 0.15) is 0 Å². The fourth-order valence-electron chi connectivity index (χ4n) is 2.26. The molecule has 5 nitrogen and oxygen atoms in total. The zero-order chi connectivity index (χ0) is 14.8. The first kappa shape index (κ1) is 13.7. The summed E-state index contributed by atoms with van der Waals surface area (Å²) < 4.78 is 6.87. The van der Waals surface area contributed by atoms with E-state index in [9.17, 15) is 4.79 Å². The van der Waals surface area contributed by atoms with Crippen molar-refractivity contribution in [2.45, 2.75) is 6.61 Å². The molecule has 0 unspecified atom stereocenters. The van der Waals surface area contributed by atoms with Crippen LogP contribution in [-0.4, -0.2) is 28.2 Å². The van der Waals surface area contributed by atoms with Gasteiger partial charge in [-0.3, -0.25) is 9.78 Å². The van der Waals surface area contributed by atoms with Gasteiger partial charge in [-0.15, -0.1) is 0 Å². The lowest BCUT2D eigenvalue weighted by Crippen LogP contribution is -2.05. The normalized spacial score (nSPS) is 11.0. The average Bonchev–Trinajstić information content (AvgIpc) is 2.89. The van der Waals surface area contributed by atoms with E-state index in [4.69, 9.17) is 16.3 Å². The smallest absolute Gasteiger partial charge is 0.153 e. The first-order valence-electron chi connectivity index (χ1n) is 6.30. The number of hydrogen-bond acceptors (Lipinski definition) is 4. The highest BCUT2D eigenvalue weighted by molar-refractivity contribution is 6.31. The number of aromatic nitrogens is 3. The number of nitrogens with zero attached hydrogens (tertiary/aromatic N) is 3. The molecule has 0 bridgehead atoms. The van der Waals surface area contributed by atoms with Gasteiger partial charge in [-0.25, -0.2) is 4.68 Å². The number of pyridine rings is 1. The summed E-state index contributed by atoms with van der Waals surface area (Å²) in [5.41, 5.74) is 2.81. The summed E-state index contributed by atoms with van der Waals surface area (Å²) in [4.78, 5) is 15.4. The first-order valence-corrected chi connectivity index (χ1v) is 6.68. The maximum absolute atomic E-state index is 11.1. The summed E-state index contributed by atoms with van der Waals surface area (Å²) in [5.74, 6) is 0. The minimum absolute atomic E-state index is 0.297. The van der Waals surface area contributed by atoms with E-state index in [-0.39, 0.29) is 0 Å². The molecule has 0 aliphatic rings. The van der Waals surface area contributed by atoms with E-state index in [0.29, 0.717) is 22.9 Å². The van der Waals surface area contributed by atoms with Crippen LogP contribution in [0.25, 0.3) is 16.6 Å². The van der Waals surface area contributed by atoms with Gasteiger partial charge in [0.25, 0.3) is 0 Å². The highest BCUT2D eigenvalue weighted by Gasteiger charge is 2.14. The Kier molecular flexibility index (Phi) is 3.68. The summed E-state index contributed by atoms with van der Waals surface area (Å²) in [6.07, 6.45) is 3.99. The first-order chi connectivity index (χ1) is 10.2. The Morgan fingerprint density at radius 3 is 3.00 bits per heavy atom. The van der Waals surface area contributed by atoms with Crippen LogP contribution in [0.15, 0.2) is 36.7 Å². The lowest BCUT2D eigenvalue weighted by Gasteiger charge is -2.10. The van der Waals surface area contributed by atoms with Gasteiger partial charge in [-0.1, -0.05) is 11.6 Å². The molecule has 0 saturated carbocycles. The standard InChI is InChI=1S/C15H12ClN3O2/c1-21-9-15-10(8-20)7-18-19(15)14-4-5-17-13-6-11(16)2-3-12(13)14/h2-8H,9H2,1H3. The lowest BCUT2D eigenvalue weighted by atomic mass is 10.2. The SMILES string of the molecule is COCc1c(C=O)cnn1-c1ccnc2cc(Cl)ccc12. The van der Waals surface area contributed by atoms with Crippen LogP contribution in [0.4, 0.5) is 0 Å². The monoisotopic (exact) mass is 301 g/mol. The molecule has 3 aromatic rings. The second-order valence-electron chi connectivity index (χ2n) is 4.50. The van der Waals surface area contributed by atoms with Crippen molar-refractivity contribution in [2.75, 3.05) is 7.11 Å². The van der Waals surface area contributed by atoms with Crippen LogP contribution in [0.1, 0.15) is 16.1 Å². The Hall–Kier alpha value is -2.24. The van der Waals surface area contributed by atoms with Crippen LogP contribution >= 0.6 is 11.6 Å². The van der Waals surface area contributed by atoms with Crippen molar-refractivity contribution in [3.8, 4) is 5.69 Å². The number of benzene rings is 1. The summed E-state index contributed by atoms with van der Waals surface area (Å²) in [7, 11) is 1.58. The second kappa shape index (κ2) is 5.63. The number of halogens is 1. The third-order valence-corrected chi connectivity index (χ3v) is 3.45. The molecule has 6 heteroatoms. The van der Waals surface area contributed by atoms with Crippen molar-refractivity contribution in [3.63, 3.8) is 0 Å². The van der Waals surface area contributed by atoms with E-state index in [1.54, 1.807) is 30.1 Å². The third kappa shape index (κ3) is 2.41. The molecule has 3 rings (SSSR count). The highest BCUT2D eigenvalue weighted by Crippen LogP contribution is 2.25. The molecule has 0 saturated heterocycles. The number of hydrogen-bond donors (Lipinski definition) is 0. The molecule has 2 aromatic heterocycles. The molecule has 21 heavy (non-hydrogen) atoms. The lowest BCUT2D eigenvalue weighted by molar-refractivity contribution is 0.111. The molecule has 0 aliphatic carbocycles. The predicted molar refractivity (Wildman–Crippen MR) is 80.0 cm³/mol. The second-order valence-corrected chi connectivity index (χ2v) is 4.94. The Morgan fingerprint density at radius 2 is 2.24 bits per heavy atom. The van der Waals surface area contributed by atoms with Gasteiger partial charge >= 0.3 is 0 Å². The Labute approximate surface area is 126 Å². The molecule has 0 radical (unpaired) electrons. The quantitative estimate of drug-likeness (QED) is 0.695. The fourth-order valence-corrected chi connectivity index (χ4v) is 2.43. The van der Waals surface area contributed by atoms with Gasteiger partial charge < -0.3 is 4.74 Å². The van der Waals surface area contributed by atoms with E-state index >= 15 is 0 Å². The Morgan fingerprint density at radius 1 is 1.38 bits per heavy atom. The predicted octanol–water partition coefficient (Wildman–Crippen LogP) is 3.03. The minimum Gasteiger partial charge on any atom is -0.378 e. The number of carbonyl (C=O) groups is 1. The molecule has 0 fully saturated rings. The van der Waals surface area contributed by atoms with Crippen LogP contribution in [-0.2, 0) is 11.3 Å². The van der Waals surface area contributed by atoms with E-state index in [0.717, 1.165) is 22.9 Å². The number of carbonyl (C=O) groups excluding carboxylic acids is 1. The topological polar surface area (TPSA) is 57.0 Å². The highest BCUT2D eigenvalue weighted by atomic mass is 35.5. The van der Waals surface area contributed by atoms with Gasteiger partial charge in [0.05, 0.1) is 35.3 Å². The van der Waals surface area contributed by atoms with Crippen LogP contribution in [0.3, 0.4) is 0 Å². The molecule has 0 amide bonds. The van der Waals surface area contributed by atoms with Crippen molar-refractivity contribution in [1.29, 1.82) is 0 Å². The summed E-state index contributed by atoms with van der Waals surface area (Å²) >= 11 is 6.00. The molecule has 106 valence electrons. The number of methoxy groups -OCH3 is 1. The molecule has 0 atom stereocenters. The Balaban J connectivity index is 2.25. The summed E-state index contributed by atoms with van der Waals surface area (Å²) in [6.45, 7) is 0.297. The van der Waals surface area contributed by atoms with E-state index in [1.165, 1.54) is 6.20 Å². The number of aldehydes is 1. The number of ether oxygens (including phenoxy) is 1. The van der Waals surface area contributed by atoms with Crippen molar-refractivity contribution < 1.29 is 9.53 Å². The molecular formula is C15H12ClN3O2. The van der Waals surface area contributed by atoms with Gasteiger partial charge in [-0.05, 0) is 24.3 Å². The van der Waals surface area contributed by atoms with Crippen LogP contribution < -0.4 is 0 Å². The van der Waals surface area contributed by atoms with Gasteiger partial charge in [0, 0.05) is 23.7 Å². The molecular weight excluding hydrogens is 290 g/mol. The van der Waals surface area contributed by atoms with Gasteiger partial charge in [-0.2, -0.15) is 5.10 Å². The van der Waals surface area contributed by atoms with E-state index < -0.39 is 0 Å². The van der Waals surface area contributed by atoms with Gasteiger partial charge in [0.2, 0.25) is 0 Å². The zero-order valence-corrected chi connectivity index (χ0v) is 12.0. The maximum atomic E-state index is 11.1. The maximum Gasteiger partial charge on any atom is 0.153 e. The van der Waals surface area contributed by atoms with Crippen molar-refractivity contribution in [3.05, 3.63) is 52.9 Å². The van der Waals surface area contributed by atoms with Crippen molar-refractivity contribution in [1.82, 2.24) is 14.8 Å². The van der Waals surface area contributed by atoms with Crippen molar-refractivity contribution in [2.24, 2.45) is 0 Å². The molecule has 2 heterocycles. The average molecular weight is 302 g/mol.